The Morgan fingerprint density at radius 2 is 1.80 bits per heavy atom. The van der Waals surface area contributed by atoms with E-state index in [0.717, 1.165) is 0 Å². The second-order valence-corrected chi connectivity index (χ2v) is 0.338. The summed E-state index contributed by atoms with van der Waals surface area (Å²) in [5.41, 5.74) is 4.03. The largest absolute Gasteiger partial charge is 0.465 e. The third kappa shape index (κ3) is 966. The van der Waals surface area contributed by atoms with E-state index in [-0.39, 0.29) is 25.8 Å². The monoisotopic (exact) mass is 176 g/mol. The molecule has 0 aliphatic heterocycles. The number of hydrogen-bond acceptors (Lipinski definition) is 1. The summed E-state index contributed by atoms with van der Waals surface area (Å²) in [7, 11) is 0. The van der Waals surface area contributed by atoms with E-state index < -0.39 is 6.09 Å². The van der Waals surface area contributed by atoms with Crippen molar-refractivity contribution in [3.63, 3.8) is 0 Å². The van der Waals surface area contributed by atoms with Crippen molar-refractivity contribution in [3.05, 3.63) is 0 Å². The van der Waals surface area contributed by atoms with Crippen molar-refractivity contribution in [1.29, 1.82) is 0 Å². The summed E-state index contributed by atoms with van der Waals surface area (Å²) < 4.78 is 0. The number of primary amides is 1. The molecule has 27 valence electrons. The van der Waals surface area contributed by atoms with E-state index in [1.807, 2.05) is 0 Å². The molecule has 3 N–H and O–H groups in total. The number of carboxylic acid groups (broad SMARTS) is 1. The maximum Gasteiger partial charge on any atom is 0.402 e. The quantitative estimate of drug-likeness (QED) is 0.509. The van der Waals surface area contributed by atoms with Crippen LogP contribution in [0.3, 0.4) is 0 Å². The van der Waals surface area contributed by atoms with Crippen molar-refractivity contribution in [2.75, 3.05) is 0 Å². The Hall–Kier alpha value is 0.140. The molecule has 0 aliphatic rings. The SMILES string of the molecule is NC(=O)O.[In]. The molecule has 0 saturated heterocycles. The molecule has 0 aromatic heterocycles. The van der Waals surface area contributed by atoms with Crippen LogP contribution in [0.5, 0.6) is 0 Å². The van der Waals surface area contributed by atoms with Crippen molar-refractivity contribution in [1.82, 2.24) is 0 Å². The van der Waals surface area contributed by atoms with Crippen LogP contribution in [-0.4, -0.2) is 37.0 Å². The van der Waals surface area contributed by atoms with Gasteiger partial charge in [0.25, 0.3) is 0 Å². The van der Waals surface area contributed by atoms with Gasteiger partial charge in [0, 0.05) is 25.8 Å². The second-order valence-electron chi connectivity index (χ2n) is 0.338. The van der Waals surface area contributed by atoms with Crippen LogP contribution in [0.15, 0.2) is 0 Å². The Balaban J connectivity index is 0. The van der Waals surface area contributed by atoms with Crippen molar-refractivity contribution in [2.45, 2.75) is 0 Å². The Bertz CT molecular complexity index is 32.6. The van der Waals surface area contributed by atoms with E-state index in [1.54, 1.807) is 0 Å². The first kappa shape index (κ1) is 8.94. The minimum Gasteiger partial charge on any atom is -0.465 e. The van der Waals surface area contributed by atoms with Crippen molar-refractivity contribution >= 4 is 31.9 Å². The molecule has 4 heteroatoms. The van der Waals surface area contributed by atoms with Crippen LogP contribution in [0.25, 0.3) is 0 Å². The second kappa shape index (κ2) is 4.14. The van der Waals surface area contributed by atoms with E-state index >= 15 is 0 Å². The fourth-order valence-electron chi connectivity index (χ4n) is 0. The average molecular weight is 176 g/mol. The van der Waals surface area contributed by atoms with Crippen LogP contribution in [0.4, 0.5) is 4.79 Å². The number of amides is 1. The molecule has 0 aromatic rings. The molecule has 0 fully saturated rings. The van der Waals surface area contributed by atoms with Crippen molar-refractivity contribution in [3.8, 4) is 0 Å². The number of carbonyl (C=O) groups is 1. The van der Waals surface area contributed by atoms with E-state index in [0.29, 0.717) is 0 Å². The zero-order chi connectivity index (χ0) is 3.58. The van der Waals surface area contributed by atoms with Crippen LogP contribution in [0.1, 0.15) is 0 Å². The maximum absolute atomic E-state index is 8.78. The van der Waals surface area contributed by atoms with E-state index in [9.17, 15) is 0 Å². The summed E-state index contributed by atoms with van der Waals surface area (Å²) in [4.78, 5) is 8.78. The standard InChI is InChI=1S/CH3NO2.In/c2-1(3)4;/h2H2,(H,3,4);. The van der Waals surface area contributed by atoms with E-state index in [2.05, 4.69) is 5.73 Å². The minimum atomic E-state index is -1.33. The van der Waals surface area contributed by atoms with E-state index in [4.69, 9.17) is 9.90 Å². The van der Waals surface area contributed by atoms with E-state index in [1.165, 1.54) is 0 Å². The first-order chi connectivity index (χ1) is 1.73. The van der Waals surface area contributed by atoms with Gasteiger partial charge in [0.15, 0.2) is 0 Å². The summed E-state index contributed by atoms with van der Waals surface area (Å²) in [6.07, 6.45) is -1.33. The van der Waals surface area contributed by atoms with Gasteiger partial charge in [0.05, 0.1) is 0 Å². The molecule has 0 aliphatic carbocycles. The van der Waals surface area contributed by atoms with Crippen LogP contribution in [-0.2, 0) is 0 Å². The molecule has 3 nitrogen and oxygen atoms in total. The van der Waals surface area contributed by atoms with Crippen molar-refractivity contribution < 1.29 is 9.90 Å². The normalized spacial score (nSPS) is 4.80. The molecule has 0 aromatic carbocycles. The van der Waals surface area contributed by atoms with Gasteiger partial charge in [-0.3, -0.25) is 0 Å². The van der Waals surface area contributed by atoms with Crippen LogP contribution in [0.2, 0.25) is 0 Å². The van der Waals surface area contributed by atoms with Gasteiger partial charge in [-0.15, -0.1) is 0 Å². The van der Waals surface area contributed by atoms with Crippen LogP contribution >= 0.6 is 0 Å². The Labute approximate surface area is 47.9 Å². The Kier molecular flexibility index (Phi) is 7.40. The molecule has 0 spiro atoms. The zero-order valence-corrected chi connectivity index (χ0v) is 5.81. The maximum atomic E-state index is 8.78. The number of nitrogens with two attached hydrogens (primary N) is 1. The first-order valence-corrected chi connectivity index (χ1v) is 0.716. The molecule has 0 unspecified atom stereocenters. The average Bonchev–Trinajstić information content (AvgIpc) is 0.811. The molecule has 0 bridgehead atoms. The van der Waals surface area contributed by atoms with Gasteiger partial charge in [-0.25, -0.2) is 4.79 Å². The predicted octanol–water partition coefficient (Wildman–Crippen LogP) is -0.758. The molecule has 0 atom stereocenters. The summed E-state index contributed by atoms with van der Waals surface area (Å²) in [6, 6.07) is 0. The Morgan fingerprint density at radius 3 is 1.80 bits per heavy atom. The number of rotatable bonds is 0. The molecule has 1 amide bonds. The van der Waals surface area contributed by atoms with Gasteiger partial charge < -0.3 is 10.8 Å². The fourth-order valence-corrected chi connectivity index (χ4v) is 0. The van der Waals surface area contributed by atoms with Gasteiger partial charge in [-0.05, 0) is 0 Å². The molecule has 0 saturated carbocycles. The van der Waals surface area contributed by atoms with Gasteiger partial charge in [-0.2, -0.15) is 0 Å². The molecular weight excluding hydrogens is 173 g/mol. The first-order valence-electron chi connectivity index (χ1n) is 0.716. The predicted molar refractivity (Wildman–Crippen MR) is 18.0 cm³/mol. The molecule has 0 heterocycles. The van der Waals surface area contributed by atoms with Gasteiger partial charge in [0.1, 0.15) is 0 Å². The van der Waals surface area contributed by atoms with Crippen molar-refractivity contribution in [2.24, 2.45) is 5.73 Å². The van der Waals surface area contributed by atoms with Gasteiger partial charge >= 0.3 is 6.09 Å². The minimum absolute atomic E-state index is 0. The molecule has 0 rings (SSSR count). The third-order valence-electron chi connectivity index (χ3n) is 0. The summed E-state index contributed by atoms with van der Waals surface area (Å²) in [6.45, 7) is 0. The summed E-state index contributed by atoms with van der Waals surface area (Å²) in [5.74, 6) is 0. The number of hydrogen-bond donors (Lipinski definition) is 2. The fraction of sp³-hybridized carbons (Fsp3) is 0. The van der Waals surface area contributed by atoms with Gasteiger partial charge in [0.2, 0.25) is 0 Å². The van der Waals surface area contributed by atoms with Gasteiger partial charge in [-0.1, -0.05) is 0 Å². The Morgan fingerprint density at radius 1 is 1.80 bits per heavy atom. The van der Waals surface area contributed by atoms with Crippen LogP contribution < -0.4 is 5.73 Å². The molecular formula is CH3InNO2. The molecule has 5 heavy (non-hydrogen) atoms. The zero-order valence-electron chi connectivity index (χ0n) is 2.51. The third-order valence-corrected chi connectivity index (χ3v) is 0. The summed E-state index contributed by atoms with van der Waals surface area (Å²) in [5, 5.41) is 7.19. The topological polar surface area (TPSA) is 63.3 Å². The smallest absolute Gasteiger partial charge is 0.402 e. The summed E-state index contributed by atoms with van der Waals surface area (Å²) >= 11 is 0. The van der Waals surface area contributed by atoms with Crippen LogP contribution in [0, 0.1) is 0 Å². The molecule has 3 radical (unpaired) electrons.